The normalized spacial score (nSPS) is 10.5. The number of benzene rings is 1. The Morgan fingerprint density at radius 1 is 0.800 bits per heavy atom. The molecule has 0 atom stereocenters. The second kappa shape index (κ2) is 10.3. The summed E-state index contributed by atoms with van der Waals surface area (Å²) in [6, 6.07) is 13.0. The smallest absolute Gasteiger partial charge is 0.191 e. The summed E-state index contributed by atoms with van der Waals surface area (Å²) in [5.41, 5.74) is 13.3. The van der Waals surface area contributed by atoms with Crippen LogP contribution in [0.3, 0.4) is 0 Å². The maximum atomic E-state index is 13.8. The van der Waals surface area contributed by atoms with Crippen LogP contribution in [0.1, 0.15) is 0 Å². The van der Waals surface area contributed by atoms with Crippen molar-refractivity contribution in [3.8, 4) is 28.5 Å². The molecule has 4 N–H and O–H groups in total. The first-order chi connectivity index (χ1) is 16.9. The lowest BCUT2D eigenvalue weighted by Crippen LogP contribution is -2.06. The highest BCUT2D eigenvalue weighted by atomic mass is 79.9. The molecule has 1 aromatic carbocycles. The van der Waals surface area contributed by atoms with Gasteiger partial charge in [-0.3, -0.25) is 0 Å². The van der Waals surface area contributed by atoms with Crippen molar-refractivity contribution in [1.82, 2.24) is 29.5 Å². The molecule has 0 spiro atoms. The van der Waals surface area contributed by atoms with E-state index in [1.54, 1.807) is 13.3 Å². The highest BCUT2D eigenvalue weighted by Crippen LogP contribution is 2.29. The summed E-state index contributed by atoms with van der Waals surface area (Å²) in [6.07, 6.45) is 6.05. The van der Waals surface area contributed by atoms with Gasteiger partial charge in [0.15, 0.2) is 23.3 Å². The highest BCUT2D eigenvalue weighted by Gasteiger charge is 2.15. The van der Waals surface area contributed by atoms with E-state index in [1.165, 1.54) is 52.2 Å². The number of halogens is 3. The van der Waals surface area contributed by atoms with Crippen LogP contribution in [0.15, 0.2) is 77.8 Å². The number of hydrogen-bond donors (Lipinski definition) is 2. The standard InChI is InChI=1S/C15H13FN4O.C8H6BrFN4/c1-21-11-6-4-10(5-7-11)12-9-19-20(14(12)17)15-13(16)3-2-8-18-15;9-5-4-13-14(7(5)11)8-6(10)2-1-3-12-8/h2-9H,17H2,1H3;1-4H,11H2. The Balaban J connectivity index is 0.000000179. The summed E-state index contributed by atoms with van der Waals surface area (Å²) in [4.78, 5) is 7.82. The van der Waals surface area contributed by atoms with Gasteiger partial charge in [-0.25, -0.2) is 18.7 Å². The minimum atomic E-state index is -0.478. The van der Waals surface area contributed by atoms with Gasteiger partial charge in [0.2, 0.25) is 0 Å². The number of nitrogens with zero attached hydrogens (tertiary/aromatic N) is 6. The highest BCUT2D eigenvalue weighted by molar-refractivity contribution is 9.10. The molecule has 35 heavy (non-hydrogen) atoms. The van der Waals surface area contributed by atoms with Crippen molar-refractivity contribution in [2.24, 2.45) is 0 Å². The number of nitrogen functional groups attached to an aromatic ring is 2. The summed E-state index contributed by atoms with van der Waals surface area (Å²) in [7, 11) is 1.60. The second-order valence-corrected chi connectivity index (χ2v) is 7.85. The fraction of sp³-hybridized carbons (Fsp3) is 0.0435. The Hall–Kier alpha value is -4.32. The minimum absolute atomic E-state index is 0.0785. The van der Waals surface area contributed by atoms with Gasteiger partial charge in [-0.1, -0.05) is 12.1 Å². The molecule has 4 aromatic heterocycles. The molecule has 0 aliphatic heterocycles. The summed E-state index contributed by atoms with van der Waals surface area (Å²) in [5.74, 6) is 0.634. The monoisotopic (exact) mass is 540 g/mol. The van der Waals surface area contributed by atoms with Crippen molar-refractivity contribution in [2.75, 3.05) is 18.6 Å². The van der Waals surface area contributed by atoms with Crippen LogP contribution in [-0.4, -0.2) is 36.6 Å². The third-order valence-electron chi connectivity index (χ3n) is 4.85. The lowest BCUT2D eigenvalue weighted by Gasteiger charge is -2.06. The van der Waals surface area contributed by atoms with E-state index < -0.39 is 11.6 Å². The summed E-state index contributed by atoms with van der Waals surface area (Å²) in [6.45, 7) is 0. The Bertz CT molecular complexity index is 1450. The molecule has 0 fully saturated rings. The van der Waals surface area contributed by atoms with E-state index >= 15 is 0 Å². The lowest BCUT2D eigenvalue weighted by atomic mass is 10.1. The molecule has 0 aliphatic carbocycles. The average Bonchev–Trinajstić information content (AvgIpc) is 3.42. The molecule has 0 amide bonds. The van der Waals surface area contributed by atoms with Crippen molar-refractivity contribution in [3.05, 3.63) is 89.4 Å². The van der Waals surface area contributed by atoms with Crippen LogP contribution in [0.2, 0.25) is 0 Å². The van der Waals surface area contributed by atoms with Crippen LogP contribution < -0.4 is 16.2 Å². The number of ether oxygens (including phenoxy) is 1. The van der Waals surface area contributed by atoms with Gasteiger partial charge in [0, 0.05) is 18.0 Å². The summed E-state index contributed by atoms with van der Waals surface area (Å²) < 4.78 is 35.3. The molecule has 0 radical (unpaired) electrons. The van der Waals surface area contributed by atoms with Crippen LogP contribution in [-0.2, 0) is 0 Å². The minimum Gasteiger partial charge on any atom is -0.497 e. The average molecular weight is 541 g/mol. The first-order valence-electron chi connectivity index (χ1n) is 10.1. The Morgan fingerprint density at radius 2 is 1.34 bits per heavy atom. The van der Waals surface area contributed by atoms with Gasteiger partial charge in [0.05, 0.1) is 24.0 Å². The Labute approximate surface area is 207 Å². The molecule has 178 valence electrons. The van der Waals surface area contributed by atoms with E-state index in [2.05, 4.69) is 36.1 Å². The van der Waals surface area contributed by atoms with E-state index in [0.717, 1.165) is 11.3 Å². The molecule has 0 aliphatic rings. The van der Waals surface area contributed by atoms with Crippen molar-refractivity contribution in [2.45, 2.75) is 0 Å². The van der Waals surface area contributed by atoms with E-state index in [-0.39, 0.29) is 11.6 Å². The Morgan fingerprint density at radius 3 is 1.83 bits per heavy atom. The largest absolute Gasteiger partial charge is 0.497 e. The molecule has 0 saturated heterocycles. The van der Waals surface area contributed by atoms with E-state index in [1.807, 2.05) is 24.3 Å². The summed E-state index contributed by atoms with van der Waals surface area (Å²) in [5, 5.41) is 8.01. The van der Waals surface area contributed by atoms with Crippen LogP contribution in [0, 0.1) is 11.6 Å². The number of hydrogen-bond acceptors (Lipinski definition) is 7. The molecular formula is C23H19BrF2N8O. The van der Waals surface area contributed by atoms with Crippen molar-refractivity contribution < 1.29 is 13.5 Å². The Kier molecular flexibility index (Phi) is 7.01. The number of pyridine rings is 2. The molecule has 12 heteroatoms. The molecule has 9 nitrogen and oxygen atoms in total. The maximum Gasteiger partial charge on any atom is 0.191 e. The fourth-order valence-electron chi connectivity index (χ4n) is 3.09. The molecule has 0 saturated carbocycles. The van der Waals surface area contributed by atoms with Crippen molar-refractivity contribution in [3.63, 3.8) is 0 Å². The van der Waals surface area contributed by atoms with E-state index in [0.29, 0.717) is 21.7 Å². The fourth-order valence-corrected chi connectivity index (χ4v) is 3.35. The number of anilines is 2. The van der Waals surface area contributed by atoms with Crippen LogP contribution in [0.25, 0.3) is 22.8 Å². The van der Waals surface area contributed by atoms with E-state index in [4.69, 9.17) is 16.2 Å². The van der Waals surface area contributed by atoms with E-state index in [9.17, 15) is 8.78 Å². The maximum absolute atomic E-state index is 13.8. The van der Waals surface area contributed by atoms with Gasteiger partial charge < -0.3 is 16.2 Å². The van der Waals surface area contributed by atoms with Gasteiger partial charge in [0.25, 0.3) is 0 Å². The molecule has 4 heterocycles. The van der Waals surface area contributed by atoms with Gasteiger partial charge in [0.1, 0.15) is 17.4 Å². The molecule has 0 unspecified atom stereocenters. The quantitative estimate of drug-likeness (QED) is 0.346. The molecule has 5 aromatic rings. The molecule has 5 rings (SSSR count). The molecule has 0 bridgehead atoms. The number of aromatic nitrogens is 6. The SMILES string of the molecule is COc1ccc(-c2cnn(-c3ncccc3F)c2N)cc1.Nc1c(Br)cnn1-c1ncccc1F. The lowest BCUT2D eigenvalue weighted by molar-refractivity contribution is 0.415. The zero-order chi connectivity index (χ0) is 24.9. The van der Waals surface area contributed by atoms with Gasteiger partial charge in [-0.15, -0.1) is 0 Å². The first kappa shape index (κ1) is 23.8. The molecular weight excluding hydrogens is 522 g/mol. The van der Waals surface area contributed by atoms with Gasteiger partial charge in [-0.05, 0) is 57.9 Å². The van der Waals surface area contributed by atoms with Crippen molar-refractivity contribution in [1.29, 1.82) is 0 Å². The van der Waals surface area contributed by atoms with Crippen LogP contribution in [0.5, 0.6) is 5.75 Å². The van der Waals surface area contributed by atoms with Crippen LogP contribution >= 0.6 is 15.9 Å². The number of methoxy groups -OCH3 is 1. The predicted octanol–water partition coefficient (Wildman–Crippen LogP) is 4.42. The zero-order valence-corrected chi connectivity index (χ0v) is 19.9. The van der Waals surface area contributed by atoms with Crippen molar-refractivity contribution >= 4 is 27.6 Å². The third-order valence-corrected chi connectivity index (χ3v) is 5.46. The van der Waals surface area contributed by atoms with Gasteiger partial charge in [-0.2, -0.15) is 19.6 Å². The summed E-state index contributed by atoms with van der Waals surface area (Å²) >= 11 is 3.18. The predicted molar refractivity (Wildman–Crippen MR) is 131 cm³/mol. The third kappa shape index (κ3) is 4.96. The van der Waals surface area contributed by atoms with Crippen LogP contribution in [0.4, 0.5) is 20.4 Å². The number of rotatable bonds is 4. The second-order valence-electron chi connectivity index (χ2n) is 6.99. The topological polar surface area (TPSA) is 123 Å². The van der Waals surface area contributed by atoms with Gasteiger partial charge >= 0.3 is 0 Å². The zero-order valence-electron chi connectivity index (χ0n) is 18.3. The first-order valence-corrected chi connectivity index (χ1v) is 10.9. The number of nitrogens with two attached hydrogens (primary N) is 2.